The summed E-state index contributed by atoms with van der Waals surface area (Å²) in [6, 6.07) is 30.9. The molecule has 0 unspecified atom stereocenters. The zero-order valence-electron chi connectivity index (χ0n) is 23.1. The summed E-state index contributed by atoms with van der Waals surface area (Å²) in [4.78, 5) is 11.3. The van der Waals surface area contributed by atoms with Gasteiger partial charge in [-0.2, -0.15) is 13.2 Å². The fourth-order valence-electron chi connectivity index (χ4n) is 4.97. The number of hydrogen-bond donors (Lipinski definition) is 2. The molecular weight excluding hydrogens is 584 g/mol. The second-order valence-electron chi connectivity index (χ2n) is 9.86. The Balaban J connectivity index is 0.00000484. The Kier molecular flexibility index (Phi) is 11.9. The molecule has 2 N–H and O–H groups in total. The van der Waals surface area contributed by atoms with Gasteiger partial charge in [0.05, 0.1) is 17.2 Å². The van der Waals surface area contributed by atoms with Crippen LogP contribution in [0.3, 0.4) is 0 Å². The Hall–Kier alpha value is -3.52. The molecular formula is C33H33Cl2F3N2O2. The predicted octanol–water partition coefficient (Wildman–Crippen LogP) is 8.33. The summed E-state index contributed by atoms with van der Waals surface area (Å²) < 4.78 is 47.0. The molecule has 9 heteroatoms. The normalized spacial score (nSPS) is 11.5. The van der Waals surface area contributed by atoms with Gasteiger partial charge in [-0.1, -0.05) is 90.5 Å². The molecule has 1 amide bonds. The number of carbonyl (C=O) groups is 1. The van der Waals surface area contributed by atoms with Gasteiger partial charge in [0.15, 0.2) is 0 Å². The third-order valence-corrected chi connectivity index (χ3v) is 7.32. The molecule has 0 heterocycles. The molecule has 222 valence electrons. The lowest BCUT2D eigenvalue weighted by molar-refractivity contribution is -0.137. The van der Waals surface area contributed by atoms with Gasteiger partial charge in [0, 0.05) is 30.6 Å². The number of rotatable bonds is 12. The molecule has 4 aromatic carbocycles. The summed E-state index contributed by atoms with van der Waals surface area (Å²) in [5.74, 6) is 0.497. The molecule has 0 aliphatic heterocycles. The molecule has 0 radical (unpaired) electrons. The van der Waals surface area contributed by atoms with Crippen molar-refractivity contribution in [1.29, 1.82) is 0 Å². The number of ether oxygens (including phenoxy) is 1. The van der Waals surface area contributed by atoms with E-state index in [1.54, 1.807) is 18.2 Å². The van der Waals surface area contributed by atoms with Crippen LogP contribution in [0.4, 0.5) is 18.9 Å². The average molecular weight is 618 g/mol. The SMILES string of the molecule is CC(=O)Nc1cccc(OCCCNCC(Cc2cccc(C(F)(F)F)c2Cl)(c2ccccc2)c2ccccc2)c1.Cl. The third kappa shape index (κ3) is 8.51. The maximum absolute atomic E-state index is 13.7. The zero-order valence-corrected chi connectivity index (χ0v) is 24.7. The number of halogens is 5. The van der Waals surface area contributed by atoms with Crippen molar-refractivity contribution in [2.75, 3.05) is 25.0 Å². The summed E-state index contributed by atoms with van der Waals surface area (Å²) in [6.45, 7) is 2.97. The number of anilines is 1. The Bertz CT molecular complexity index is 1390. The van der Waals surface area contributed by atoms with Crippen molar-refractivity contribution >= 4 is 35.6 Å². The van der Waals surface area contributed by atoms with E-state index in [-0.39, 0.29) is 29.8 Å². The van der Waals surface area contributed by atoms with Crippen LogP contribution >= 0.6 is 24.0 Å². The second kappa shape index (κ2) is 15.1. The van der Waals surface area contributed by atoms with E-state index in [1.807, 2.05) is 72.8 Å². The highest BCUT2D eigenvalue weighted by Gasteiger charge is 2.38. The van der Waals surface area contributed by atoms with Gasteiger partial charge in [-0.25, -0.2) is 0 Å². The van der Waals surface area contributed by atoms with E-state index < -0.39 is 17.2 Å². The highest BCUT2D eigenvalue weighted by molar-refractivity contribution is 6.32. The molecule has 4 rings (SSSR count). The molecule has 0 saturated carbocycles. The summed E-state index contributed by atoms with van der Waals surface area (Å²) in [5, 5.41) is 5.99. The van der Waals surface area contributed by atoms with Crippen LogP contribution in [0.1, 0.15) is 35.6 Å². The molecule has 0 spiro atoms. The number of alkyl halides is 3. The number of carbonyl (C=O) groups excluding carboxylic acids is 1. The fourth-order valence-corrected chi connectivity index (χ4v) is 5.27. The summed E-state index contributed by atoms with van der Waals surface area (Å²) in [6.07, 6.45) is -3.59. The van der Waals surface area contributed by atoms with Gasteiger partial charge in [-0.15, -0.1) is 12.4 Å². The smallest absolute Gasteiger partial charge is 0.417 e. The van der Waals surface area contributed by atoms with Crippen LogP contribution in [-0.4, -0.2) is 25.6 Å². The van der Waals surface area contributed by atoms with Crippen LogP contribution in [0, 0.1) is 0 Å². The van der Waals surface area contributed by atoms with Crippen LogP contribution in [0.2, 0.25) is 5.02 Å². The topological polar surface area (TPSA) is 50.4 Å². The molecule has 0 fully saturated rings. The second-order valence-corrected chi connectivity index (χ2v) is 10.2. The standard InChI is InChI=1S/C33H32ClF3N2O2.ClH/c1-24(40)39-28-16-9-17-29(21-28)41-20-10-19-38-23-32(26-12-4-2-5-13-26,27-14-6-3-7-15-27)22-25-11-8-18-30(31(25)34)33(35,36)37;/h2-9,11-18,21,38H,10,19-20,22-23H2,1H3,(H,39,40);1H. The van der Waals surface area contributed by atoms with Crippen molar-refractivity contribution in [3.05, 3.63) is 130 Å². The van der Waals surface area contributed by atoms with Crippen molar-refractivity contribution in [2.24, 2.45) is 0 Å². The first-order chi connectivity index (χ1) is 19.7. The minimum Gasteiger partial charge on any atom is -0.493 e. The summed E-state index contributed by atoms with van der Waals surface area (Å²) in [7, 11) is 0. The van der Waals surface area contributed by atoms with Gasteiger partial charge in [-0.3, -0.25) is 4.79 Å². The number of amides is 1. The summed E-state index contributed by atoms with van der Waals surface area (Å²) >= 11 is 6.39. The molecule has 0 atom stereocenters. The highest BCUT2D eigenvalue weighted by atomic mass is 35.5. The van der Waals surface area contributed by atoms with Crippen LogP contribution in [0.15, 0.2) is 103 Å². The number of benzene rings is 4. The maximum Gasteiger partial charge on any atom is 0.417 e. The predicted molar refractivity (Wildman–Crippen MR) is 165 cm³/mol. The first-order valence-electron chi connectivity index (χ1n) is 13.4. The molecule has 0 aromatic heterocycles. The lowest BCUT2D eigenvalue weighted by Gasteiger charge is -2.36. The van der Waals surface area contributed by atoms with Crippen molar-refractivity contribution in [2.45, 2.75) is 31.4 Å². The van der Waals surface area contributed by atoms with Crippen LogP contribution in [0.25, 0.3) is 0 Å². The van der Waals surface area contributed by atoms with Crippen molar-refractivity contribution in [3.63, 3.8) is 0 Å². The third-order valence-electron chi connectivity index (χ3n) is 6.88. The van der Waals surface area contributed by atoms with Gasteiger partial charge in [0.25, 0.3) is 0 Å². The first-order valence-corrected chi connectivity index (χ1v) is 13.7. The molecule has 0 saturated heterocycles. The lowest BCUT2D eigenvalue weighted by atomic mass is 9.70. The lowest BCUT2D eigenvalue weighted by Crippen LogP contribution is -2.42. The van der Waals surface area contributed by atoms with Gasteiger partial charge in [0.2, 0.25) is 5.91 Å². The Labute approximate surface area is 255 Å². The van der Waals surface area contributed by atoms with Crippen molar-refractivity contribution in [3.8, 4) is 5.75 Å². The molecule has 4 nitrogen and oxygen atoms in total. The van der Waals surface area contributed by atoms with Gasteiger partial charge < -0.3 is 15.4 Å². The maximum atomic E-state index is 13.7. The van der Waals surface area contributed by atoms with E-state index in [4.69, 9.17) is 16.3 Å². The van der Waals surface area contributed by atoms with E-state index in [0.29, 0.717) is 43.1 Å². The Morgan fingerprint density at radius 2 is 1.48 bits per heavy atom. The highest BCUT2D eigenvalue weighted by Crippen LogP contribution is 2.41. The summed E-state index contributed by atoms with van der Waals surface area (Å²) in [5.41, 5.74) is 1.51. The first kappa shape index (κ1) is 33.0. The molecule has 0 aliphatic carbocycles. The van der Waals surface area contributed by atoms with Gasteiger partial charge >= 0.3 is 6.18 Å². The largest absolute Gasteiger partial charge is 0.493 e. The van der Waals surface area contributed by atoms with Crippen molar-refractivity contribution < 1.29 is 22.7 Å². The van der Waals surface area contributed by atoms with Gasteiger partial charge in [-0.05, 0) is 54.3 Å². The van der Waals surface area contributed by atoms with E-state index in [9.17, 15) is 18.0 Å². The Morgan fingerprint density at radius 1 is 0.857 bits per heavy atom. The van der Waals surface area contributed by atoms with Crippen molar-refractivity contribution in [1.82, 2.24) is 5.32 Å². The zero-order chi connectivity index (χ0) is 29.3. The van der Waals surface area contributed by atoms with Gasteiger partial charge in [0.1, 0.15) is 5.75 Å². The van der Waals surface area contributed by atoms with Crippen LogP contribution in [-0.2, 0) is 22.8 Å². The molecule has 42 heavy (non-hydrogen) atoms. The minimum absolute atomic E-state index is 0. The van der Waals surface area contributed by atoms with Crippen LogP contribution < -0.4 is 15.4 Å². The van der Waals surface area contributed by atoms with E-state index in [2.05, 4.69) is 10.6 Å². The number of hydrogen-bond acceptors (Lipinski definition) is 3. The van der Waals surface area contributed by atoms with E-state index in [1.165, 1.54) is 13.0 Å². The number of nitrogens with one attached hydrogen (secondary N) is 2. The molecule has 0 aliphatic rings. The minimum atomic E-state index is -4.55. The molecule has 4 aromatic rings. The fraction of sp³-hybridized carbons (Fsp3) is 0.242. The monoisotopic (exact) mass is 616 g/mol. The average Bonchev–Trinajstić information content (AvgIpc) is 2.95. The van der Waals surface area contributed by atoms with E-state index in [0.717, 1.165) is 17.2 Å². The molecule has 0 bridgehead atoms. The quantitative estimate of drug-likeness (QED) is 0.157. The Morgan fingerprint density at radius 3 is 2.07 bits per heavy atom. The van der Waals surface area contributed by atoms with Crippen LogP contribution in [0.5, 0.6) is 5.75 Å². The van der Waals surface area contributed by atoms with E-state index >= 15 is 0 Å².